The van der Waals surface area contributed by atoms with E-state index in [1.165, 1.54) is 54.2 Å². The molecule has 0 saturated carbocycles. The second kappa shape index (κ2) is 11.5. The molecule has 0 saturated heterocycles. The molecule has 9 aromatic rings. The van der Waals surface area contributed by atoms with E-state index >= 15 is 0 Å². The van der Waals surface area contributed by atoms with Crippen molar-refractivity contribution < 1.29 is 0 Å². The summed E-state index contributed by atoms with van der Waals surface area (Å²) in [5, 5.41) is 3.60. The van der Waals surface area contributed by atoms with Gasteiger partial charge in [-0.3, -0.25) is 0 Å². The Morgan fingerprint density at radius 3 is 1.80 bits per heavy atom. The van der Waals surface area contributed by atoms with Gasteiger partial charge in [0.25, 0.3) is 0 Å². The Hall–Kier alpha value is -6.16. The molecule has 0 bridgehead atoms. The minimum absolute atomic E-state index is 0.479. The highest BCUT2D eigenvalue weighted by Crippen LogP contribution is 2.56. The molecule has 0 atom stereocenters. The fraction of sp³-hybridized carbons (Fsp3) is 0.0213. The maximum Gasteiger partial charge on any atom is 0.160 e. The summed E-state index contributed by atoms with van der Waals surface area (Å²) in [6.07, 6.45) is 0. The maximum absolute atomic E-state index is 5.32. The first-order valence-corrected chi connectivity index (χ1v) is 17.8. The smallest absolute Gasteiger partial charge is 0.160 e. The standard InChI is InChI=1S/C47H30N2S/c1-3-16-36(17-4-1)47(37-18-5-2-6-19-37)40-21-11-10-20-38(40)39-26-25-33(28-41(39)47)42-30-43(45-29-34-15-9-12-22-44(34)50-45)49-46(48-42)35-24-23-31-13-7-8-14-32(31)27-35/h1-30H. The lowest BCUT2D eigenvalue weighted by atomic mass is 9.67. The van der Waals surface area contributed by atoms with Crippen LogP contribution in [0.4, 0.5) is 0 Å². The lowest BCUT2D eigenvalue weighted by Crippen LogP contribution is -2.28. The van der Waals surface area contributed by atoms with Crippen LogP contribution in [0.5, 0.6) is 0 Å². The molecule has 50 heavy (non-hydrogen) atoms. The second-order valence-electron chi connectivity index (χ2n) is 13.0. The molecule has 1 aliphatic rings. The van der Waals surface area contributed by atoms with Crippen LogP contribution in [0.1, 0.15) is 22.3 Å². The summed E-state index contributed by atoms with van der Waals surface area (Å²) in [5.74, 6) is 0.724. The van der Waals surface area contributed by atoms with E-state index in [2.05, 4.69) is 182 Å². The quantitative estimate of drug-likeness (QED) is 0.185. The van der Waals surface area contributed by atoms with Crippen LogP contribution >= 0.6 is 11.3 Å². The lowest BCUT2D eigenvalue weighted by Gasteiger charge is -2.34. The van der Waals surface area contributed by atoms with Gasteiger partial charge in [-0.05, 0) is 79.9 Å². The van der Waals surface area contributed by atoms with Gasteiger partial charge in [0.15, 0.2) is 5.82 Å². The predicted octanol–water partition coefficient (Wildman–Crippen LogP) is 12.2. The molecule has 2 nitrogen and oxygen atoms in total. The largest absolute Gasteiger partial charge is 0.228 e. The first kappa shape index (κ1) is 28.8. The van der Waals surface area contributed by atoms with Gasteiger partial charge in [0.1, 0.15) is 0 Å². The van der Waals surface area contributed by atoms with E-state index in [4.69, 9.17) is 9.97 Å². The summed E-state index contributed by atoms with van der Waals surface area (Å²) in [4.78, 5) is 11.7. The second-order valence-corrected chi connectivity index (χ2v) is 14.0. The Balaban J connectivity index is 1.23. The van der Waals surface area contributed by atoms with Crippen molar-refractivity contribution in [2.75, 3.05) is 0 Å². The van der Waals surface area contributed by atoms with Crippen LogP contribution < -0.4 is 0 Å². The number of nitrogens with zero attached hydrogens (tertiary/aromatic N) is 2. The van der Waals surface area contributed by atoms with Gasteiger partial charge in [0.2, 0.25) is 0 Å². The van der Waals surface area contributed by atoms with E-state index in [1.54, 1.807) is 11.3 Å². The third kappa shape index (κ3) is 4.48. The summed E-state index contributed by atoms with van der Waals surface area (Å²) in [6.45, 7) is 0. The highest BCUT2D eigenvalue weighted by atomic mass is 32.1. The minimum Gasteiger partial charge on any atom is -0.228 e. The molecule has 7 aromatic carbocycles. The average molecular weight is 655 g/mol. The van der Waals surface area contributed by atoms with Gasteiger partial charge < -0.3 is 0 Å². The number of hydrogen-bond donors (Lipinski definition) is 0. The van der Waals surface area contributed by atoms with E-state index in [0.717, 1.165) is 33.2 Å². The van der Waals surface area contributed by atoms with Crippen molar-refractivity contribution >= 4 is 32.2 Å². The first-order chi connectivity index (χ1) is 24.8. The number of aromatic nitrogens is 2. The van der Waals surface area contributed by atoms with E-state index in [9.17, 15) is 0 Å². The van der Waals surface area contributed by atoms with E-state index in [-0.39, 0.29) is 0 Å². The summed E-state index contributed by atoms with van der Waals surface area (Å²) in [6, 6.07) is 65.7. The summed E-state index contributed by atoms with van der Waals surface area (Å²) < 4.78 is 1.25. The molecule has 0 N–H and O–H groups in total. The van der Waals surface area contributed by atoms with Gasteiger partial charge >= 0.3 is 0 Å². The fourth-order valence-corrected chi connectivity index (χ4v) is 8.91. The van der Waals surface area contributed by atoms with E-state index in [0.29, 0.717) is 0 Å². The molecule has 0 fully saturated rings. The highest BCUT2D eigenvalue weighted by Gasteiger charge is 2.46. The topological polar surface area (TPSA) is 25.8 Å². The Labute approximate surface area is 295 Å². The van der Waals surface area contributed by atoms with E-state index < -0.39 is 5.41 Å². The monoisotopic (exact) mass is 654 g/mol. The Bertz CT molecular complexity index is 2640. The molecule has 3 heteroatoms. The normalized spacial score (nSPS) is 13.0. The molecule has 0 unspecified atom stereocenters. The molecule has 0 amide bonds. The molecular formula is C47H30N2S. The predicted molar refractivity (Wildman–Crippen MR) is 209 cm³/mol. The Kier molecular flexibility index (Phi) is 6.61. The number of benzene rings is 7. The average Bonchev–Trinajstić information content (AvgIpc) is 3.76. The third-order valence-corrected chi connectivity index (χ3v) is 11.3. The van der Waals surface area contributed by atoms with Crippen LogP contribution in [0, 0.1) is 0 Å². The third-order valence-electron chi connectivity index (χ3n) is 10.2. The zero-order valence-electron chi connectivity index (χ0n) is 27.1. The Morgan fingerprint density at radius 1 is 0.400 bits per heavy atom. The molecule has 10 rings (SSSR count). The van der Waals surface area contributed by atoms with Crippen LogP contribution in [0.15, 0.2) is 182 Å². The van der Waals surface area contributed by atoms with Crippen molar-refractivity contribution in [2.24, 2.45) is 0 Å². The van der Waals surface area contributed by atoms with Gasteiger partial charge in [-0.2, -0.15) is 0 Å². The zero-order valence-corrected chi connectivity index (χ0v) is 27.9. The van der Waals surface area contributed by atoms with Crippen LogP contribution in [-0.4, -0.2) is 9.97 Å². The SMILES string of the molecule is c1ccc(C2(c3ccccc3)c3ccccc3-c3ccc(-c4cc(-c5cc6ccccc6s5)nc(-c5ccc6ccccc6c5)n4)cc32)cc1. The molecule has 0 radical (unpaired) electrons. The van der Waals surface area contributed by atoms with Gasteiger partial charge in [-0.15, -0.1) is 11.3 Å². The molecule has 1 aliphatic carbocycles. The summed E-state index contributed by atoms with van der Waals surface area (Å²) in [5.41, 5.74) is 11.0. The fourth-order valence-electron chi connectivity index (χ4n) is 7.89. The number of thiophene rings is 1. The van der Waals surface area contributed by atoms with Gasteiger partial charge in [0, 0.05) is 15.8 Å². The highest BCUT2D eigenvalue weighted by molar-refractivity contribution is 7.22. The molecule has 234 valence electrons. The van der Waals surface area contributed by atoms with Crippen molar-refractivity contribution in [3.05, 3.63) is 204 Å². The van der Waals surface area contributed by atoms with Crippen molar-refractivity contribution in [2.45, 2.75) is 5.41 Å². The Morgan fingerprint density at radius 2 is 1.02 bits per heavy atom. The molecule has 2 heterocycles. The van der Waals surface area contributed by atoms with Crippen LogP contribution in [0.3, 0.4) is 0 Å². The maximum atomic E-state index is 5.32. The van der Waals surface area contributed by atoms with Crippen molar-refractivity contribution in [1.82, 2.24) is 9.97 Å². The van der Waals surface area contributed by atoms with Gasteiger partial charge in [0.05, 0.1) is 21.7 Å². The molecule has 0 aliphatic heterocycles. The van der Waals surface area contributed by atoms with E-state index in [1.807, 2.05) is 0 Å². The lowest BCUT2D eigenvalue weighted by molar-refractivity contribution is 0.768. The van der Waals surface area contributed by atoms with Crippen molar-refractivity contribution in [3.8, 4) is 44.3 Å². The minimum atomic E-state index is -0.479. The van der Waals surface area contributed by atoms with Gasteiger partial charge in [-0.1, -0.05) is 152 Å². The number of rotatable bonds is 5. The number of fused-ring (bicyclic) bond motifs is 5. The van der Waals surface area contributed by atoms with Crippen LogP contribution in [0.25, 0.3) is 65.2 Å². The molecule has 2 aromatic heterocycles. The van der Waals surface area contributed by atoms with Crippen LogP contribution in [-0.2, 0) is 5.41 Å². The van der Waals surface area contributed by atoms with Crippen LogP contribution in [0.2, 0.25) is 0 Å². The van der Waals surface area contributed by atoms with Crippen molar-refractivity contribution in [3.63, 3.8) is 0 Å². The zero-order chi connectivity index (χ0) is 33.1. The first-order valence-electron chi connectivity index (χ1n) is 17.0. The molecule has 0 spiro atoms. The number of hydrogen-bond acceptors (Lipinski definition) is 3. The summed E-state index contributed by atoms with van der Waals surface area (Å²) in [7, 11) is 0. The summed E-state index contributed by atoms with van der Waals surface area (Å²) >= 11 is 1.78. The molecular weight excluding hydrogens is 625 g/mol. The van der Waals surface area contributed by atoms with Gasteiger partial charge in [-0.25, -0.2) is 9.97 Å². The van der Waals surface area contributed by atoms with Crippen molar-refractivity contribution in [1.29, 1.82) is 0 Å².